The van der Waals surface area contributed by atoms with Crippen LogP contribution in [0.4, 0.5) is 4.39 Å². The molecule has 1 N–H and O–H groups in total. The number of benzene rings is 2. The lowest BCUT2D eigenvalue weighted by Gasteiger charge is -2.08. The van der Waals surface area contributed by atoms with E-state index in [1.807, 2.05) is 31.2 Å². The molecule has 25 heavy (non-hydrogen) atoms. The van der Waals surface area contributed by atoms with Crippen LogP contribution in [-0.2, 0) is 6.54 Å². The van der Waals surface area contributed by atoms with Crippen LogP contribution in [0, 0.1) is 12.7 Å². The number of nitrogens with one attached hydrogen (secondary N) is 1. The van der Waals surface area contributed by atoms with Gasteiger partial charge in [0.1, 0.15) is 11.6 Å². The van der Waals surface area contributed by atoms with Crippen molar-refractivity contribution in [3.05, 3.63) is 77.4 Å². The van der Waals surface area contributed by atoms with Gasteiger partial charge in [0, 0.05) is 12.1 Å². The molecule has 0 bridgehead atoms. The third-order valence-electron chi connectivity index (χ3n) is 3.97. The van der Waals surface area contributed by atoms with Crippen molar-refractivity contribution >= 4 is 5.91 Å². The molecular weight excluding hydrogens is 321 g/mol. The summed E-state index contributed by atoms with van der Waals surface area (Å²) in [5.41, 5.74) is 2.42. The first kappa shape index (κ1) is 16.7. The van der Waals surface area contributed by atoms with Crippen molar-refractivity contribution in [3.8, 4) is 11.4 Å². The zero-order valence-corrected chi connectivity index (χ0v) is 14.0. The Kier molecular flexibility index (Phi) is 4.79. The highest BCUT2D eigenvalue weighted by atomic mass is 19.1. The predicted molar refractivity (Wildman–Crippen MR) is 92.4 cm³/mol. The van der Waals surface area contributed by atoms with Crippen LogP contribution in [0.5, 0.6) is 5.75 Å². The predicted octanol–water partition coefficient (Wildman–Crippen LogP) is 3.26. The van der Waals surface area contributed by atoms with Gasteiger partial charge in [-0.3, -0.25) is 4.79 Å². The van der Waals surface area contributed by atoms with Gasteiger partial charge in [-0.2, -0.15) is 5.10 Å². The Labute approximate surface area is 145 Å². The highest BCUT2D eigenvalue weighted by molar-refractivity contribution is 5.95. The van der Waals surface area contributed by atoms with Crippen LogP contribution in [0.1, 0.15) is 21.6 Å². The molecule has 0 aliphatic rings. The second-order valence-electron chi connectivity index (χ2n) is 5.53. The van der Waals surface area contributed by atoms with Crippen molar-refractivity contribution in [3.63, 3.8) is 0 Å². The van der Waals surface area contributed by atoms with E-state index in [0.29, 0.717) is 16.8 Å². The molecule has 5 nitrogen and oxygen atoms in total. The summed E-state index contributed by atoms with van der Waals surface area (Å²) in [6, 6.07) is 13.7. The van der Waals surface area contributed by atoms with E-state index < -0.39 is 0 Å². The van der Waals surface area contributed by atoms with E-state index in [2.05, 4.69) is 10.4 Å². The van der Waals surface area contributed by atoms with E-state index in [9.17, 15) is 9.18 Å². The minimum atomic E-state index is -0.339. The maximum atomic E-state index is 13.6. The molecular formula is C19H18FN3O2. The van der Waals surface area contributed by atoms with Gasteiger partial charge in [0.15, 0.2) is 0 Å². The molecule has 2 aromatic carbocycles. The third-order valence-corrected chi connectivity index (χ3v) is 3.97. The van der Waals surface area contributed by atoms with Gasteiger partial charge in [0.05, 0.1) is 30.3 Å². The zero-order chi connectivity index (χ0) is 17.8. The summed E-state index contributed by atoms with van der Waals surface area (Å²) >= 11 is 0. The minimum absolute atomic E-state index is 0.124. The van der Waals surface area contributed by atoms with Gasteiger partial charge < -0.3 is 10.1 Å². The first-order valence-corrected chi connectivity index (χ1v) is 7.81. The maximum absolute atomic E-state index is 13.6. The number of hydrogen-bond donors (Lipinski definition) is 1. The van der Waals surface area contributed by atoms with Gasteiger partial charge >= 0.3 is 0 Å². The van der Waals surface area contributed by atoms with E-state index in [4.69, 9.17) is 4.74 Å². The summed E-state index contributed by atoms with van der Waals surface area (Å²) in [5.74, 6) is 0.116. The molecule has 3 aromatic rings. The van der Waals surface area contributed by atoms with E-state index in [1.54, 1.807) is 30.0 Å². The number of carbonyl (C=O) groups excluding carboxylic acids is 1. The Bertz CT molecular complexity index is 888. The van der Waals surface area contributed by atoms with Gasteiger partial charge in [-0.25, -0.2) is 9.07 Å². The number of methoxy groups -OCH3 is 1. The van der Waals surface area contributed by atoms with Gasteiger partial charge in [-0.15, -0.1) is 0 Å². The van der Waals surface area contributed by atoms with Crippen molar-refractivity contribution in [1.82, 2.24) is 15.1 Å². The fourth-order valence-electron chi connectivity index (χ4n) is 2.53. The second-order valence-corrected chi connectivity index (χ2v) is 5.53. The molecule has 1 heterocycles. The van der Waals surface area contributed by atoms with E-state index in [0.717, 1.165) is 11.4 Å². The number of amides is 1. The number of aromatic nitrogens is 2. The minimum Gasteiger partial charge on any atom is -0.497 e. The number of carbonyl (C=O) groups is 1. The van der Waals surface area contributed by atoms with Gasteiger partial charge in [-0.1, -0.05) is 18.2 Å². The van der Waals surface area contributed by atoms with Gasteiger partial charge in [0.25, 0.3) is 5.91 Å². The average Bonchev–Trinajstić information content (AvgIpc) is 3.02. The lowest BCUT2D eigenvalue weighted by molar-refractivity contribution is 0.0950. The average molecular weight is 339 g/mol. The Morgan fingerprint density at radius 2 is 1.92 bits per heavy atom. The van der Waals surface area contributed by atoms with Crippen molar-refractivity contribution in [2.24, 2.45) is 0 Å². The van der Waals surface area contributed by atoms with Crippen LogP contribution in [0.15, 0.2) is 54.7 Å². The van der Waals surface area contributed by atoms with Crippen molar-refractivity contribution in [1.29, 1.82) is 0 Å². The van der Waals surface area contributed by atoms with Gasteiger partial charge in [0.2, 0.25) is 0 Å². The van der Waals surface area contributed by atoms with Crippen LogP contribution in [0.25, 0.3) is 5.69 Å². The molecule has 1 amide bonds. The molecule has 0 unspecified atom stereocenters. The molecule has 1 aromatic heterocycles. The number of nitrogens with zero attached hydrogens (tertiary/aromatic N) is 2. The Morgan fingerprint density at radius 1 is 1.20 bits per heavy atom. The standard InChI is InChI=1S/C19H18FN3O2/c1-13-17(19(24)21-11-14-5-3-4-6-18(14)20)12-22-23(13)15-7-9-16(25-2)10-8-15/h3-10,12H,11H2,1-2H3,(H,21,24). The first-order valence-electron chi connectivity index (χ1n) is 7.81. The number of hydrogen-bond acceptors (Lipinski definition) is 3. The molecule has 3 rings (SSSR count). The van der Waals surface area contributed by atoms with Crippen molar-refractivity contribution in [2.45, 2.75) is 13.5 Å². The fraction of sp³-hybridized carbons (Fsp3) is 0.158. The van der Waals surface area contributed by atoms with Crippen molar-refractivity contribution < 1.29 is 13.9 Å². The molecule has 0 aliphatic carbocycles. The van der Waals surface area contributed by atoms with Crippen LogP contribution in [-0.4, -0.2) is 22.8 Å². The lowest BCUT2D eigenvalue weighted by atomic mass is 10.2. The molecule has 0 atom stereocenters. The van der Waals surface area contributed by atoms with Crippen LogP contribution >= 0.6 is 0 Å². The Hall–Kier alpha value is -3.15. The van der Waals surface area contributed by atoms with Gasteiger partial charge in [-0.05, 0) is 37.3 Å². The molecule has 128 valence electrons. The van der Waals surface area contributed by atoms with E-state index in [1.165, 1.54) is 12.3 Å². The summed E-state index contributed by atoms with van der Waals surface area (Å²) in [6.07, 6.45) is 1.51. The molecule has 0 fully saturated rings. The van der Waals surface area contributed by atoms with E-state index >= 15 is 0 Å². The van der Waals surface area contributed by atoms with Crippen LogP contribution in [0.2, 0.25) is 0 Å². The number of ether oxygens (including phenoxy) is 1. The molecule has 0 saturated carbocycles. The summed E-state index contributed by atoms with van der Waals surface area (Å²) in [6.45, 7) is 1.94. The quantitative estimate of drug-likeness (QED) is 0.776. The molecule has 6 heteroatoms. The topological polar surface area (TPSA) is 56.2 Å². The van der Waals surface area contributed by atoms with Crippen molar-refractivity contribution in [2.75, 3.05) is 7.11 Å². The number of halogens is 1. The van der Waals surface area contributed by atoms with Crippen LogP contribution in [0.3, 0.4) is 0 Å². The Morgan fingerprint density at radius 3 is 2.60 bits per heavy atom. The summed E-state index contributed by atoms with van der Waals surface area (Å²) in [7, 11) is 1.60. The normalized spacial score (nSPS) is 10.5. The zero-order valence-electron chi connectivity index (χ0n) is 14.0. The molecule has 0 aliphatic heterocycles. The smallest absolute Gasteiger partial charge is 0.255 e. The van der Waals surface area contributed by atoms with E-state index in [-0.39, 0.29) is 18.3 Å². The largest absolute Gasteiger partial charge is 0.497 e. The molecule has 0 saturated heterocycles. The fourth-order valence-corrected chi connectivity index (χ4v) is 2.53. The Balaban J connectivity index is 1.75. The SMILES string of the molecule is COc1ccc(-n2ncc(C(=O)NCc3ccccc3F)c2C)cc1. The lowest BCUT2D eigenvalue weighted by Crippen LogP contribution is -2.23. The molecule has 0 spiro atoms. The highest BCUT2D eigenvalue weighted by Gasteiger charge is 2.15. The van der Waals surface area contributed by atoms with Crippen LogP contribution < -0.4 is 10.1 Å². The molecule has 0 radical (unpaired) electrons. The first-order chi connectivity index (χ1) is 12.1. The summed E-state index contributed by atoms with van der Waals surface area (Å²) < 4.78 is 20.4. The summed E-state index contributed by atoms with van der Waals surface area (Å²) in [5, 5.41) is 7.00. The summed E-state index contributed by atoms with van der Waals surface area (Å²) in [4.78, 5) is 12.4. The second kappa shape index (κ2) is 7.17. The monoisotopic (exact) mass is 339 g/mol. The third kappa shape index (κ3) is 3.52. The highest BCUT2D eigenvalue weighted by Crippen LogP contribution is 2.18. The maximum Gasteiger partial charge on any atom is 0.255 e. The number of rotatable bonds is 5.